The van der Waals surface area contributed by atoms with Gasteiger partial charge in [0.2, 0.25) is 0 Å². The van der Waals surface area contributed by atoms with Crippen molar-refractivity contribution < 1.29 is 13.2 Å². The van der Waals surface area contributed by atoms with Crippen molar-refractivity contribution in [3.8, 4) is 5.69 Å². The molecular weight excluding hydrogens is 376 g/mol. The molecule has 2 aliphatic heterocycles. The number of fused-ring (bicyclic) bond motifs is 4. The van der Waals surface area contributed by atoms with Gasteiger partial charge in [0.1, 0.15) is 0 Å². The average Bonchev–Trinajstić information content (AvgIpc) is 3.03. The standard InChI is InChI=1S/C17H13ClN4O3S/c18-11-4-3-5-12(8-11)19-17(23)16-14-9-26(24-10-25-26)15-7-2-1-6-13(15)22(14)21-20-16/h1-8H,9-10H2,(H,19,23). The Bertz CT molecular complexity index is 1030. The fraction of sp³-hybridized carbons (Fsp3) is 0.118. The number of benzene rings is 2. The molecule has 3 heterocycles. The molecule has 0 radical (unpaired) electrons. The molecule has 3 aromatic rings. The predicted octanol–water partition coefficient (Wildman–Crippen LogP) is 3.68. The first-order valence-electron chi connectivity index (χ1n) is 7.87. The van der Waals surface area contributed by atoms with Crippen molar-refractivity contribution in [1.82, 2.24) is 15.0 Å². The maximum Gasteiger partial charge on any atom is 0.278 e. The van der Waals surface area contributed by atoms with E-state index in [0.717, 1.165) is 10.6 Å². The molecule has 1 N–H and O–H groups in total. The second-order valence-corrected chi connectivity index (χ2v) is 8.71. The number of para-hydroxylation sites is 1. The number of hydrogen-bond donors (Lipinski definition) is 1. The number of halogens is 1. The van der Waals surface area contributed by atoms with Crippen LogP contribution in [-0.2, 0) is 14.1 Å². The number of carbonyl (C=O) groups excluding carboxylic acids is 1. The van der Waals surface area contributed by atoms with Gasteiger partial charge in [-0.15, -0.1) is 5.10 Å². The Labute approximate surface area is 155 Å². The lowest BCUT2D eigenvalue weighted by Crippen LogP contribution is -2.30. The van der Waals surface area contributed by atoms with E-state index in [1.54, 1.807) is 28.9 Å². The summed E-state index contributed by atoms with van der Waals surface area (Å²) in [5, 5.41) is 11.6. The van der Waals surface area contributed by atoms with Gasteiger partial charge in [0, 0.05) is 10.7 Å². The summed E-state index contributed by atoms with van der Waals surface area (Å²) >= 11 is 5.98. The van der Waals surface area contributed by atoms with E-state index in [0.29, 0.717) is 22.2 Å². The minimum atomic E-state index is -1.88. The summed E-state index contributed by atoms with van der Waals surface area (Å²) in [5.41, 5.74) is 2.36. The van der Waals surface area contributed by atoms with E-state index < -0.39 is 10.6 Å². The van der Waals surface area contributed by atoms with Gasteiger partial charge in [0.25, 0.3) is 5.91 Å². The molecule has 2 aliphatic rings. The summed E-state index contributed by atoms with van der Waals surface area (Å²) in [6.45, 7) is 0.259. The molecule has 0 unspecified atom stereocenters. The molecule has 1 amide bonds. The average molecular weight is 389 g/mol. The molecule has 1 fully saturated rings. The molecule has 26 heavy (non-hydrogen) atoms. The van der Waals surface area contributed by atoms with E-state index in [1.807, 2.05) is 24.3 Å². The van der Waals surface area contributed by atoms with Crippen molar-refractivity contribution in [2.24, 2.45) is 0 Å². The first-order chi connectivity index (χ1) is 12.7. The third kappa shape index (κ3) is 2.34. The minimum Gasteiger partial charge on any atom is -0.320 e. The SMILES string of the molecule is O=C(Nc1cccc(Cl)c1)c1nnn2c1CS1(OCO1)c1ccccc1-2. The number of anilines is 1. The van der Waals surface area contributed by atoms with Crippen molar-refractivity contribution >= 4 is 33.8 Å². The van der Waals surface area contributed by atoms with Crippen LogP contribution in [0.3, 0.4) is 0 Å². The van der Waals surface area contributed by atoms with Gasteiger partial charge in [-0.25, -0.2) is 13.0 Å². The maximum absolute atomic E-state index is 12.7. The predicted molar refractivity (Wildman–Crippen MR) is 97.4 cm³/mol. The van der Waals surface area contributed by atoms with Crippen LogP contribution in [0.25, 0.3) is 5.69 Å². The Kier molecular flexibility index (Phi) is 3.54. The molecule has 0 bridgehead atoms. The van der Waals surface area contributed by atoms with Crippen molar-refractivity contribution in [3.63, 3.8) is 0 Å². The lowest BCUT2D eigenvalue weighted by Gasteiger charge is -2.52. The normalized spacial score (nSPS) is 17.7. The minimum absolute atomic E-state index is 0.255. The van der Waals surface area contributed by atoms with Crippen LogP contribution >= 0.6 is 22.2 Å². The zero-order valence-corrected chi connectivity index (χ0v) is 15.0. The van der Waals surface area contributed by atoms with Gasteiger partial charge >= 0.3 is 0 Å². The molecule has 0 atom stereocenters. The molecule has 132 valence electrons. The van der Waals surface area contributed by atoms with Gasteiger partial charge in [-0.1, -0.05) is 35.0 Å². The van der Waals surface area contributed by atoms with Gasteiger partial charge in [0.15, 0.2) is 12.5 Å². The maximum atomic E-state index is 12.7. The Morgan fingerprint density at radius 1 is 1.19 bits per heavy atom. The zero-order valence-electron chi connectivity index (χ0n) is 13.4. The van der Waals surface area contributed by atoms with Crippen molar-refractivity contribution in [2.45, 2.75) is 10.6 Å². The Balaban J connectivity index is 1.55. The molecule has 0 aliphatic carbocycles. The van der Waals surface area contributed by atoms with Gasteiger partial charge in [-0.2, -0.15) is 10.6 Å². The highest BCUT2D eigenvalue weighted by Gasteiger charge is 2.42. The van der Waals surface area contributed by atoms with Gasteiger partial charge in [0.05, 0.1) is 22.0 Å². The quantitative estimate of drug-likeness (QED) is 0.724. The Morgan fingerprint density at radius 2 is 2.04 bits per heavy atom. The second-order valence-electron chi connectivity index (χ2n) is 5.84. The molecule has 2 aromatic carbocycles. The highest BCUT2D eigenvalue weighted by Crippen LogP contribution is 2.69. The van der Waals surface area contributed by atoms with Crippen LogP contribution in [0.15, 0.2) is 53.4 Å². The number of carbonyl (C=O) groups is 1. The summed E-state index contributed by atoms with van der Waals surface area (Å²) in [7, 11) is -1.88. The Morgan fingerprint density at radius 3 is 2.81 bits per heavy atom. The van der Waals surface area contributed by atoms with Crippen LogP contribution in [-0.4, -0.2) is 27.7 Å². The lowest BCUT2D eigenvalue weighted by atomic mass is 10.2. The number of nitrogens with one attached hydrogen (secondary N) is 1. The summed E-state index contributed by atoms with van der Waals surface area (Å²) < 4.78 is 13.3. The number of aromatic nitrogens is 3. The van der Waals surface area contributed by atoms with Crippen molar-refractivity contribution in [3.05, 3.63) is 64.9 Å². The van der Waals surface area contributed by atoms with Crippen LogP contribution in [0.2, 0.25) is 5.02 Å². The Hall–Kier alpha value is -2.39. The third-order valence-corrected chi connectivity index (χ3v) is 7.15. The molecule has 7 nitrogen and oxygen atoms in total. The summed E-state index contributed by atoms with van der Waals surface area (Å²) in [5.74, 6) is 0.0942. The molecule has 9 heteroatoms. The molecule has 5 rings (SSSR count). The second kappa shape index (κ2) is 5.82. The zero-order chi connectivity index (χ0) is 17.7. The van der Waals surface area contributed by atoms with Gasteiger partial charge in [-0.05, 0) is 30.3 Å². The van der Waals surface area contributed by atoms with E-state index >= 15 is 0 Å². The van der Waals surface area contributed by atoms with E-state index in [4.69, 9.17) is 20.0 Å². The fourth-order valence-corrected chi connectivity index (χ4v) is 5.56. The fourth-order valence-electron chi connectivity index (χ4n) is 3.08. The van der Waals surface area contributed by atoms with Gasteiger partial charge < -0.3 is 5.32 Å². The molecule has 1 saturated heterocycles. The molecule has 1 aromatic heterocycles. The van der Waals surface area contributed by atoms with E-state index in [-0.39, 0.29) is 18.4 Å². The first-order valence-corrected chi connectivity index (χ1v) is 9.90. The molecular formula is C17H13ClN4O3S. The third-order valence-electron chi connectivity index (χ3n) is 4.29. The van der Waals surface area contributed by atoms with Gasteiger partial charge in [-0.3, -0.25) is 4.79 Å². The van der Waals surface area contributed by atoms with Crippen LogP contribution in [0.5, 0.6) is 0 Å². The molecule has 1 spiro atoms. The van der Waals surface area contributed by atoms with Crippen LogP contribution in [0.1, 0.15) is 16.2 Å². The first kappa shape index (κ1) is 15.8. The number of amides is 1. The van der Waals surface area contributed by atoms with Crippen molar-refractivity contribution in [2.75, 3.05) is 12.1 Å². The van der Waals surface area contributed by atoms with E-state index in [2.05, 4.69) is 15.6 Å². The van der Waals surface area contributed by atoms with Crippen LogP contribution in [0, 0.1) is 0 Å². The molecule has 0 saturated carbocycles. The van der Waals surface area contributed by atoms with Crippen molar-refractivity contribution in [1.29, 1.82) is 0 Å². The number of nitrogens with zero attached hydrogens (tertiary/aromatic N) is 3. The van der Waals surface area contributed by atoms with E-state index in [1.165, 1.54) is 0 Å². The monoisotopic (exact) mass is 388 g/mol. The highest BCUT2D eigenvalue weighted by molar-refractivity contribution is 8.26. The van der Waals surface area contributed by atoms with E-state index in [9.17, 15) is 4.79 Å². The van der Waals surface area contributed by atoms with Crippen LogP contribution in [0.4, 0.5) is 5.69 Å². The summed E-state index contributed by atoms with van der Waals surface area (Å²) in [4.78, 5) is 13.7. The highest BCUT2D eigenvalue weighted by atomic mass is 35.5. The lowest BCUT2D eigenvalue weighted by molar-refractivity contribution is 0.0447. The largest absolute Gasteiger partial charge is 0.320 e. The number of rotatable bonds is 2. The summed E-state index contributed by atoms with van der Waals surface area (Å²) in [6, 6.07) is 14.7. The smallest absolute Gasteiger partial charge is 0.278 e. The van der Waals surface area contributed by atoms with Crippen LogP contribution < -0.4 is 5.32 Å². The summed E-state index contributed by atoms with van der Waals surface area (Å²) in [6.07, 6.45) is 0. The topological polar surface area (TPSA) is 78.3 Å². The number of hydrogen-bond acceptors (Lipinski definition) is 5.